The molecule has 0 heterocycles. The molecule has 100 valence electrons. The average Bonchev–Trinajstić information content (AvgIpc) is 2.65. The Bertz CT molecular complexity index is 384. The van der Waals surface area contributed by atoms with Crippen molar-refractivity contribution in [1.82, 2.24) is 5.32 Å². The van der Waals surface area contributed by atoms with E-state index in [1.807, 2.05) is 12.1 Å². The number of nitrogens with two attached hydrogens (primary N) is 1. The van der Waals surface area contributed by atoms with Gasteiger partial charge in [0.05, 0.1) is 0 Å². The van der Waals surface area contributed by atoms with Crippen LogP contribution in [-0.2, 0) is 6.42 Å². The smallest absolute Gasteiger partial charge is 0.0316 e. The van der Waals surface area contributed by atoms with Crippen molar-refractivity contribution >= 4 is 5.69 Å². The van der Waals surface area contributed by atoms with Gasteiger partial charge in [0.2, 0.25) is 0 Å². The molecule has 18 heavy (non-hydrogen) atoms. The topological polar surface area (TPSA) is 38.0 Å². The zero-order chi connectivity index (χ0) is 13.0. The monoisotopic (exact) mass is 246 g/mol. The largest absolute Gasteiger partial charge is 0.399 e. The van der Waals surface area contributed by atoms with Crippen molar-refractivity contribution in [2.24, 2.45) is 5.41 Å². The van der Waals surface area contributed by atoms with Crippen molar-refractivity contribution in [3.8, 4) is 0 Å². The highest BCUT2D eigenvalue weighted by atomic mass is 14.9. The van der Waals surface area contributed by atoms with E-state index in [4.69, 9.17) is 5.73 Å². The van der Waals surface area contributed by atoms with E-state index in [-0.39, 0.29) is 0 Å². The number of benzene rings is 1. The Morgan fingerprint density at radius 1 is 1.39 bits per heavy atom. The van der Waals surface area contributed by atoms with Crippen molar-refractivity contribution in [2.75, 3.05) is 12.3 Å². The molecule has 0 amide bonds. The summed E-state index contributed by atoms with van der Waals surface area (Å²) in [5.74, 6) is 0. The molecule has 1 aliphatic rings. The third-order valence-corrected chi connectivity index (χ3v) is 3.99. The normalized spacial score (nSPS) is 22.2. The van der Waals surface area contributed by atoms with Gasteiger partial charge in [-0.25, -0.2) is 0 Å². The van der Waals surface area contributed by atoms with Crippen LogP contribution in [0.5, 0.6) is 0 Å². The molecule has 1 fully saturated rings. The van der Waals surface area contributed by atoms with Crippen LogP contribution in [0.25, 0.3) is 0 Å². The van der Waals surface area contributed by atoms with Crippen molar-refractivity contribution in [3.05, 3.63) is 29.8 Å². The number of nitrogens with one attached hydrogen (secondary N) is 1. The molecule has 3 N–H and O–H groups in total. The quantitative estimate of drug-likeness (QED) is 0.617. The average molecular weight is 246 g/mol. The summed E-state index contributed by atoms with van der Waals surface area (Å²) in [7, 11) is 0. The second-order valence-electron chi connectivity index (χ2n) is 6.41. The van der Waals surface area contributed by atoms with Gasteiger partial charge in [0, 0.05) is 11.7 Å². The van der Waals surface area contributed by atoms with Gasteiger partial charge >= 0.3 is 0 Å². The molecule has 2 nitrogen and oxygen atoms in total. The second kappa shape index (κ2) is 5.75. The predicted molar refractivity (Wildman–Crippen MR) is 78.6 cm³/mol. The SMILES string of the molecule is CC1(C)CCC(NCCCc2cccc(N)c2)C1. The Morgan fingerprint density at radius 3 is 2.89 bits per heavy atom. The summed E-state index contributed by atoms with van der Waals surface area (Å²) in [6.07, 6.45) is 6.34. The molecular formula is C16H26N2. The molecule has 1 aromatic carbocycles. The maximum Gasteiger partial charge on any atom is 0.0316 e. The summed E-state index contributed by atoms with van der Waals surface area (Å²) in [6, 6.07) is 8.97. The lowest BCUT2D eigenvalue weighted by Gasteiger charge is -2.17. The van der Waals surface area contributed by atoms with Crippen molar-refractivity contribution < 1.29 is 0 Å². The Hall–Kier alpha value is -1.02. The highest BCUT2D eigenvalue weighted by Gasteiger charge is 2.30. The van der Waals surface area contributed by atoms with Gasteiger partial charge < -0.3 is 11.1 Å². The van der Waals surface area contributed by atoms with E-state index in [0.29, 0.717) is 5.41 Å². The molecule has 0 radical (unpaired) electrons. The first-order valence-corrected chi connectivity index (χ1v) is 7.13. The lowest BCUT2D eigenvalue weighted by Crippen LogP contribution is -2.28. The van der Waals surface area contributed by atoms with Crippen LogP contribution >= 0.6 is 0 Å². The minimum Gasteiger partial charge on any atom is -0.399 e. The standard InChI is InChI=1S/C16H26N2/c1-16(2)9-8-15(12-16)18-10-4-6-13-5-3-7-14(17)11-13/h3,5,7,11,15,18H,4,6,8-10,12,17H2,1-2H3. The zero-order valence-electron chi connectivity index (χ0n) is 11.7. The molecule has 1 atom stereocenters. The van der Waals surface area contributed by atoms with E-state index in [1.54, 1.807) is 0 Å². The van der Waals surface area contributed by atoms with Crippen LogP contribution in [0, 0.1) is 5.41 Å². The third-order valence-electron chi connectivity index (χ3n) is 3.99. The molecule has 2 heteroatoms. The molecule has 0 aromatic heterocycles. The van der Waals surface area contributed by atoms with Crippen LogP contribution in [0.2, 0.25) is 0 Å². The number of nitrogen functional groups attached to an aromatic ring is 1. The van der Waals surface area contributed by atoms with Gasteiger partial charge in [-0.05, 0) is 61.8 Å². The minimum absolute atomic E-state index is 0.547. The van der Waals surface area contributed by atoms with Crippen molar-refractivity contribution in [3.63, 3.8) is 0 Å². The molecular weight excluding hydrogens is 220 g/mol. The van der Waals surface area contributed by atoms with Crippen LogP contribution in [0.1, 0.15) is 45.1 Å². The fraction of sp³-hybridized carbons (Fsp3) is 0.625. The molecule has 1 unspecified atom stereocenters. The molecule has 2 rings (SSSR count). The van der Waals surface area contributed by atoms with Crippen LogP contribution in [0.3, 0.4) is 0 Å². The summed E-state index contributed by atoms with van der Waals surface area (Å²) in [6.45, 7) is 5.87. The van der Waals surface area contributed by atoms with Gasteiger partial charge in [0.15, 0.2) is 0 Å². The number of aryl methyl sites for hydroxylation is 1. The van der Waals surface area contributed by atoms with Crippen molar-refractivity contribution in [2.45, 2.75) is 52.0 Å². The van der Waals surface area contributed by atoms with E-state index in [1.165, 1.54) is 31.2 Å². The summed E-state index contributed by atoms with van der Waals surface area (Å²) in [5.41, 5.74) is 8.55. The maximum absolute atomic E-state index is 5.78. The Balaban J connectivity index is 1.65. The molecule has 1 aliphatic carbocycles. The predicted octanol–water partition coefficient (Wildman–Crippen LogP) is 3.37. The summed E-state index contributed by atoms with van der Waals surface area (Å²) in [4.78, 5) is 0. The van der Waals surface area contributed by atoms with Crippen LogP contribution < -0.4 is 11.1 Å². The summed E-state index contributed by atoms with van der Waals surface area (Å²) in [5, 5.41) is 3.69. The van der Waals surface area contributed by atoms with E-state index >= 15 is 0 Å². The van der Waals surface area contributed by atoms with Gasteiger partial charge in [-0.3, -0.25) is 0 Å². The van der Waals surface area contributed by atoms with Crippen LogP contribution in [-0.4, -0.2) is 12.6 Å². The highest BCUT2D eigenvalue weighted by Crippen LogP contribution is 2.36. The van der Waals surface area contributed by atoms with Gasteiger partial charge in [-0.15, -0.1) is 0 Å². The Morgan fingerprint density at radius 2 is 2.22 bits per heavy atom. The molecule has 0 spiro atoms. The molecule has 0 aliphatic heterocycles. The molecule has 0 bridgehead atoms. The molecule has 0 saturated heterocycles. The zero-order valence-corrected chi connectivity index (χ0v) is 11.7. The first kappa shape index (κ1) is 13.4. The van der Waals surface area contributed by atoms with Crippen LogP contribution in [0.15, 0.2) is 24.3 Å². The number of anilines is 1. The minimum atomic E-state index is 0.547. The Kier molecular flexibility index (Phi) is 4.28. The number of hydrogen-bond acceptors (Lipinski definition) is 2. The Labute approximate surface area is 111 Å². The van der Waals surface area contributed by atoms with Gasteiger partial charge in [-0.2, -0.15) is 0 Å². The molecule has 1 saturated carbocycles. The molecule has 1 aromatic rings. The first-order valence-electron chi connectivity index (χ1n) is 7.13. The number of rotatable bonds is 5. The van der Waals surface area contributed by atoms with E-state index in [9.17, 15) is 0 Å². The first-order chi connectivity index (χ1) is 8.55. The van der Waals surface area contributed by atoms with E-state index in [2.05, 4.69) is 31.3 Å². The maximum atomic E-state index is 5.78. The van der Waals surface area contributed by atoms with E-state index in [0.717, 1.165) is 24.7 Å². The lowest BCUT2D eigenvalue weighted by atomic mass is 9.92. The van der Waals surface area contributed by atoms with Crippen molar-refractivity contribution in [1.29, 1.82) is 0 Å². The summed E-state index contributed by atoms with van der Waals surface area (Å²) >= 11 is 0. The van der Waals surface area contributed by atoms with Gasteiger partial charge in [0.25, 0.3) is 0 Å². The van der Waals surface area contributed by atoms with Crippen LogP contribution in [0.4, 0.5) is 5.69 Å². The lowest BCUT2D eigenvalue weighted by molar-refractivity contribution is 0.364. The number of hydrogen-bond donors (Lipinski definition) is 2. The highest BCUT2D eigenvalue weighted by molar-refractivity contribution is 5.40. The third kappa shape index (κ3) is 4.02. The van der Waals surface area contributed by atoms with Gasteiger partial charge in [0.1, 0.15) is 0 Å². The second-order valence-corrected chi connectivity index (χ2v) is 6.41. The fourth-order valence-electron chi connectivity index (χ4n) is 2.96. The van der Waals surface area contributed by atoms with Gasteiger partial charge in [-0.1, -0.05) is 26.0 Å². The fourth-order valence-corrected chi connectivity index (χ4v) is 2.96. The summed E-state index contributed by atoms with van der Waals surface area (Å²) < 4.78 is 0. The van der Waals surface area contributed by atoms with E-state index < -0.39 is 0 Å².